The van der Waals surface area contributed by atoms with Crippen LogP contribution in [0.5, 0.6) is 0 Å². The summed E-state index contributed by atoms with van der Waals surface area (Å²) in [5, 5.41) is 2.39. The molecule has 110 valence electrons. The Morgan fingerprint density at radius 2 is 1.86 bits per heavy atom. The smallest absolute Gasteiger partial charge is 0.258 e. The van der Waals surface area contributed by atoms with Gasteiger partial charge in [0.25, 0.3) is 5.91 Å². The van der Waals surface area contributed by atoms with Gasteiger partial charge in [-0.25, -0.2) is 13.2 Å². The van der Waals surface area contributed by atoms with E-state index in [-0.39, 0.29) is 10.2 Å². The molecule has 7 heteroatoms. The van der Waals surface area contributed by atoms with Crippen molar-refractivity contribution in [3.05, 3.63) is 57.3 Å². The molecule has 0 fully saturated rings. The van der Waals surface area contributed by atoms with Crippen LogP contribution in [0.1, 0.15) is 15.9 Å². The molecule has 0 atom stereocenters. The SMILES string of the molecule is Cc1cc(F)c(Br)cc1NC(=O)c1cc(F)cc(N)c1F. The molecule has 3 N–H and O–H groups in total. The lowest BCUT2D eigenvalue weighted by Gasteiger charge is -2.11. The van der Waals surface area contributed by atoms with Gasteiger partial charge in [0.2, 0.25) is 0 Å². The highest BCUT2D eigenvalue weighted by atomic mass is 79.9. The predicted molar refractivity (Wildman–Crippen MR) is 77.6 cm³/mol. The van der Waals surface area contributed by atoms with Gasteiger partial charge in [-0.05, 0) is 52.7 Å². The minimum atomic E-state index is -1.01. The van der Waals surface area contributed by atoms with Crippen molar-refractivity contribution in [1.82, 2.24) is 0 Å². The number of carbonyl (C=O) groups excluding carboxylic acids is 1. The summed E-state index contributed by atoms with van der Waals surface area (Å²) in [6.45, 7) is 1.57. The largest absolute Gasteiger partial charge is 0.396 e. The summed E-state index contributed by atoms with van der Waals surface area (Å²) in [5.74, 6) is -3.20. The Balaban J connectivity index is 2.37. The van der Waals surface area contributed by atoms with Gasteiger partial charge in [0.05, 0.1) is 15.7 Å². The molecular formula is C14H10BrF3N2O. The number of hydrogen-bond acceptors (Lipinski definition) is 2. The van der Waals surface area contributed by atoms with Gasteiger partial charge in [0, 0.05) is 5.69 Å². The molecule has 2 aromatic carbocycles. The number of hydrogen-bond donors (Lipinski definition) is 2. The zero-order valence-corrected chi connectivity index (χ0v) is 12.4. The van der Waals surface area contributed by atoms with E-state index >= 15 is 0 Å². The average molecular weight is 359 g/mol. The fraction of sp³-hybridized carbons (Fsp3) is 0.0714. The second kappa shape index (κ2) is 5.77. The number of amides is 1. The molecule has 2 aromatic rings. The second-order valence-corrected chi connectivity index (χ2v) is 5.25. The van der Waals surface area contributed by atoms with Crippen molar-refractivity contribution in [2.75, 3.05) is 11.1 Å². The number of nitrogens with one attached hydrogen (secondary N) is 1. The van der Waals surface area contributed by atoms with Crippen LogP contribution in [0.3, 0.4) is 0 Å². The number of carbonyl (C=O) groups is 1. The Labute approximate surface area is 127 Å². The molecule has 0 radical (unpaired) electrons. The number of benzene rings is 2. The standard InChI is InChI=1S/C14H10BrF3N2O/c1-6-2-10(17)9(15)5-12(6)20-14(21)8-3-7(16)4-11(19)13(8)18/h2-5H,19H2,1H3,(H,20,21). The average Bonchev–Trinajstić information content (AvgIpc) is 2.40. The number of nitrogen functional groups attached to an aromatic ring is 1. The molecule has 0 aliphatic rings. The maximum atomic E-state index is 13.8. The first-order valence-electron chi connectivity index (χ1n) is 5.81. The Bertz CT molecular complexity index is 735. The van der Waals surface area contributed by atoms with E-state index in [1.165, 1.54) is 12.1 Å². The molecule has 3 nitrogen and oxygen atoms in total. The van der Waals surface area contributed by atoms with Crippen LogP contribution in [0.4, 0.5) is 24.5 Å². The van der Waals surface area contributed by atoms with Crippen LogP contribution in [0, 0.1) is 24.4 Å². The summed E-state index contributed by atoms with van der Waals surface area (Å²) < 4.78 is 40.4. The number of rotatable bonds is 2. The first kappa shape index (κ1) is 15.4. The third-order valence-corrected chi connectivity index (χ3v) is 3.43. The normalized spacial score (nSPS) is 10.5. The number of halogens is 4. The van der Waals surface area contributed by atoms with Crippen molar-refractivity contribution in [3.8, 4) is 0 Å². The maximum absolute atomic E-state index is 13.8. The molecule has 21 heavy (non-hydrogen) atoms. The van der Waals surface area contributed by atoms with Gasteiger partial charge < -0.3 is 11.1 Å². The summed E-state index contributed by atoms with van der Waals surface area (Å²) in [6.07, 6.45) is 0. The zero-order valence-electron chi connectivity index (χ0n) is 10.8. The molecule has 2 rings (SSSR count). The Hall–Kier alpha value is -2.02. The molecule has 0 heterocycles. The molecule has 0 aliphatic carbocycles. The lowest BCUT2D eigenvalue weighted by Crippen LogP contribution is -2.16. The molecule has 0 saturated heterocycles. The number of nitrogens with two attached hydrogens (primary N) is 1. The third kappa shape index (κ3) is 3.18. The minimum absolute atomic E-state index is 0.141. The van der Waals surface area contributed by atoms with Crippen molar-refractivity contribution >= 4 is 33.2 Å². The molecule has 0 unspecified atom stereocenters. The van der Waals surface area contributed by atoms with Crippen LogP contribution in [0.15, 0.2) is 28.7 Å². The lowest BCUT2D eigenvalue weighted by atomic mass is 10.1. The van der Waals surface area contributed by atoms with Crippen LogP contribution >= 0.6 is 15.9 Å². The fourth-order valence-corrected chi connectivity index (χ4v) is 2.09. The van der Waals surface area contributed by atoms with E-state index in [4.69, 9.17) is 5.73 Å². The Morgan fingerprint density at radius 3 is 2.52 bits per heavy atom. The number of anilines is 2. The van der Waals surface area contributed by atoms with E-state index in [2.05, 4.69) is 21.2 Å². The molecule has 1 amide bonds. The summed E-state index contributed by atoms with van der Waals surface area (Å²) in [4.78, 5) is 12.0. The van der Waals surface area contributed by atoms with Crippen LogP contribution < -0.4 is 11.1 Å². The molecule has 0 bridgehead atoms. The van der Waals surface area contributed by atoms with E-state index in [0.717, 1.165) is 12.1 Å². The summed E-state index contributed by atoms with van der Waals surface area (Å²) in [5.41, 5.74) is 5.00. The Kier molecular flexibility index (Phi) is 4.22. The highest BCUT2D eigenvalue weighted by Crippen LogP contribution is 2.25. The van der Waals surface area contributed by atoms with Gasteiger partial charge in [0.15, 0.2) is 5.82 Å². The molecule has 0 aromatic heterocycles. The van der Waals surface area contributed by atoms with E-state index < -0.39 is 34.6 Å². The molecule has 0 spiro atoms. The molecule has 0 saturated carbocycles. The van der Waals surface area contributed by atoms with E-state index in [1.807, 2.05) is 0 Å². The minimum Gasteiger partial charge on any atom is -0.396 e. The van der Waals surface area contributed by atoms with Crippen LogP contribution in [-0.4, -0.2) is 5.91 Å². The highest BCUT2D eigenvalue weighted by molar-refractivity contribution is 9.10. The highest BCUT2D eigenvalue weighted by Gasteiger charge is 2.17. The van der Waals surface area contributed by atoms with Gasteiger partial charge in [-0.2, -0.15) is 0 Å². The van der Waals surface area contributed by atoms with Crippen LogP contribution in [0.25, 0.3) is 0 Å². The van der Waals surface area contributed by atoms with Gasteiger partial charge in [0.1, 0.15) is 11.6 Å². The zero-order chi connectivity index (χ0) is 15.7. The van der Waals surface area contributed by atoms with Crippen molar-refractivity contribution in [1.29, 1.82) is 0 Å². The van der Waals surface area contributed by atoms with Crippen LogP contribution in [-0.2, 0) is 0 Å². The molecule has 0 aliphatic heterocycles. The summed E-state index contributed by atoms with van der Waals surface area (Å²) in [7, 11) is 0. The van der Waals surface area contributed by atoms with Gasteiger partial charge in [-0.1, -0.05) is 0 Å². The van der Waals surface area contributed by atoms with Gasteiger partial charge in [-0.3, -0.25) is 4.79 Å². The van der Waals surface area contributed by atoms with E-state index in [9.17, 15) is 18.0 Å². The van der Waals surface area contributed by atoms with E-state index in [1.54, 1.807) is 6.92 Å². The van der Waals surface area contributed by atoms with Crippen molar-refractivity contribution in [2.45, 2.75) is 6.92 Å². The summed E-state index contributed by atoms with van der Waals surface area (Å²) >= 11 is 2.98. The van der Waals surface area contributed by atoms with Gasteiger partial charge >= 0.3 is 0 Å². The topological polar surface area (TPSA) is 55.1 Å². The summed E-state index contributed by atoms with van der Waals surface area (Å²) in [6, 6.07) is 4.07. The maximum Gasteiger partial charge on any atom is 0.258 e. The van der Waals surface area contributed by atoms with Crippen molar-refractivity contribution in [3.63, 3.8) is 0 Å². The predicted octanol–water partition coefficient (Wildman–Crippen LogP) is 4.01. The molecular weight excluding hydrogens is 349 g/mol. The second-order valence-electron chi connectivity index (χ2n) is 4.39. The van der Waals surface area contributed by atoms with E-state index in [0.29, 0.717) is 5.56 Å². The van der Waals surface area contributed by atoms with Crippen molar-refractivity contribution < 1.29 is 18.0 Å². The van der Waals surface area contributed by atoms with Gasteiger partial charge in [-0.15, -0.1) is 0 Å². The Morgan fingerprint density at radius 1 is 1.19 bits per heavy atom. The van der Waals surface area contributed by atoms with Crippen LogP contribution in [0.2, 0.25) is 0 Å². The quantitative estimate of drug-likeness (QED) is 0.797. The lowest BCUT2D eigenvalue weighted by molar-refractivity contribution is 0.102. The fourth-order valence-electron chi connectivity index (χ4n) is 1.75. The number of aryl methyl sites for hydroxylation is 1. The third-order valence-electron chi connectivity index (χ3n) is 2.83. The van der Waals surface area contributed by atoms with Crippen molar-refractivity contribution in [2.24, 2.45) is 0 Å². The monoisotopic (exact) mass is 358 g/mol. The first-order chi connectivity index (χ1) is 9.79. The first-order valence-corrected chi connectivity index (χ1v) is 6.60.